The number of halogens is 1. The highest BCUT2D eigenvalue weighted by Crippen LogP contribution is 2.27. The number of benzene rings is 1. The predicted molar refractivity (Wildman–Crippen MR) is 78.2 cm³/mol. The summed E-state index contributed by atoms with van der Waals surface area (Å²) in [5.74, 6) is 0.253. The molecular weight excluding hydrogens is 310 g/mol. The van der Waals surface area contributed by atoms with Crippen LogP contribution < -0.4 is 10.5 Å². The fraction of sp³-hybridized carbons (Fsp3) is 0.500. The van der Waals surface area contributed by atoms with E-state index in [9.17, 15) is 4.79 Å². The second kappa shape index (κ2) is 7.50. The van der Waals surface area contributed by atoms with E-state index >= 15 is 0 Å². The maximum atomic E-state index is 11.5. The van der Waals surface area contributed by atoms with Crippen LogP contribution in [0, 0.1) is 0 Å². The molecule has 2 N–H and O–H groups in total. The highest BCUT2D eigenvalue weighted by molar-refractivity contribution is 9.10. The van der Waals surface area contributed by atoms with Crippen molar-refractivity contribution in [1.82, 2.24) is 0 Å². The van der Waals surface area contributed by atoms with Gasteiger partial charge >= 0.3 is 5.97 Å². The molecule has 0 amide bonds. The predicted octanol–water partition coefficient (Wildman–Crippen LogP) is 2.67. The summed E-state index contributed by atoms with van der Waals surface area (Å²) in [5, 5.41) is 0. The molecule has 5 heteroatoms. The van der Waals surface area contributed by atoms with E-state index in [0.29, 0.717) is 12.4 Å². The van der Waals surface area contributed by atoms with Crippen molar-refractivity contribution >= 4 is 21.9 Å². The van der Waals surface area contributed by atoms with Crippen LogP contribution in [0.25, 0.3) is 0 Å². The van der Waals surface area contributed by atoms with Gasteiger partial charge in [0.2, 0.25) is 0 Å². The highest BCUT2D eigenvalue weighted by atomic mass is 79.9. The van der Waals surface area contributed by atoms with Gasteiger partial charge in [0.05, 0.1) is 11.1 Å². The van der Waals surface area contributed by atoms with Crippen molar-refractivity contribution in [3.8, 4) is 5.75 Å². The van der Waals surface area contributed by atoms with E-state index in [1.807, 2.05) is 25.1 Å². The summed E-state index contributed by atoms with van der Waals surface area (Å²) in [7, 11) is 0. The number of carbonyl (C=O) groups excluding carboxylic acids is 1. The lowest BCUT2D eigenvalue weighted by Gasteiger charge is -2.15. The summed E-state index contributed by atoms with van der Waals surface area (Å²) in [6.45, 7) is 5.74. The Kier molecular flexibility index (Phi) is 6.31. The molecule has 0 spiro atoms. The van der Waals surface area contributed by atoms with Crippen molar-refractivity contribution in [2.45, 2.75) is 39.3 Å². The Morgan fingerprint density at radius 3 is 2.63 bits per heavy atom. The van der Waals surface area contributed by atoms with E-state index in [0.717, 1.165) is 16.5 Å². The number of nitrogens with two attached hydrogens (primary N) is 1. The van der Waals surface area contributed by atoms with E-state index in [4.69, 9.17) is 15.2 Å². The van der Waals surface area contributed by atoms with Crippen molar-refractivity contribution in [2.24, 2.45) is 5.73 Å². The molecule has 0 saturated heterocycles. The molecule has 0 heterocycles. The third-order valence-corrected chi connectivity index (χ3v) is 3.10. The third kappa shape index (κ3) is 5.20. The second-order valence-electron chi connectivity index (χ2n) is 4.46. The maximum Gasteiger partial charge on any atom is 0.347 e. The van der Waals surface area contributed by atoms with Crippen LogP contribution in [0.1, 0.15) is 26.3 Å². The minimum atomic E-state index is -0.629. The first kappa shape index (κ1) is 16.0. The van der Waals surface area contributed by atoms with Gasteiger partial charge in [0, 0.05) is 6.04 Å². The van der Waals surface area contributed by atoms with Gasteiger partial charge in [-0.05, 0) is 60.8 Å². The second-order valence-corrected chi connectivity index (χ2v) is 5.31. The zero-order valence-corrected chi connectivity index (χ0v) is 13.1. The Hall–Kier alpha value is -1.07. The lowest BCUT2D eigenvalue weighted by Crippen LogP contribution is -2.26. The van der Waals surface area contributed by atoms with Crippen molar-refractivity contribution in [3.05, 3.63) is 28.2 Å². The monoisotopic (exact) mass is 329 g/mol. The van der Waals surface area contributed by atoms with Crippen LogP contribution in [0.4, 0.5) is 0 Å². The first-order chi connectivity index (χ1) is 8.93. The number of carbonyl (C=O) groups is 1. The minimum Gasteiger partial charge on any atom is -0.478 e. The van der Waals surface area contributed by atoms with E-state index in [-0.39, 0.29) is 12.0 Å². The zero-order chi connectivity index (χ0) is 14.4. The molecule has 4 nitrogen and oxygen atoms in total. The Morgan fingerprint density at radius 1 is 1.42 bits per heavy atom. The van der Waals surface area contributed by atoms with Crippen molar-refractivity contribution in [3.63, 3.8) is 0 Å². The first-order valence-electron chi connectivity index (χ1n) is 6.31. The summed E-state index contributed by atoms with van der Waals surface area (Å²) in [6.07, 6.45) is 0.169. The molecule has 19 heavy (non-hydrogen) atoms. The largest absolute Gasteiger partial charge is 0.478 e. The van der Waals surface area contributed by atoms with Gasteiger partial charge in [-0.15, -0.1) is 0 Å². The number of ether oxygens (including phenoxy) is 2. The van der Waals surface area contributed by atoms with Crippen LogP contribution in [0.3, 0.4) is 0 Å². The van der Waals surface area contributed by atoms with Gasteiger partial charge in [0.25, 0.3) is 0 Å². The summed E-state index contributed by atoms with van der Waals surface area (Å²) in [4.78, 5) is 11.5. The fourth-order valence-electron chi connectivity index (χ4n) is 1.64. The Morgan fingerprint density at radius 2 is 2.11 bits per heavy atom. The molecule has 0 bridgehead atoms. The number of esters is 1. The normalized spacial score (nSPS) is 13.7. The third-order valence-electron chi connectivity index (χ3n) is 2.48. The molecular formula is C14H20BrNO3. The molecule has 0 radical (unpaired) electrons. The van der Waals surface area contributed by atoms with E-state index in [2.05, 4.69) is 15.9 Å². The Balaban J connectivity index is 2.71. The average molecular weight is 330 g/mol. The average Bonchev–Trinajstić information content (AvgIpc) is 2.32. The summed E-state index contributed by atoms with van der Waals surface area (Å²) in [6, 6.07) is 5.84. The van der Waals surface area contributed by atoms with Gasteiger partial charge in [-0.2, -0.15) is 0 Å². The van der Waals surface area contributed by atoms with Crippen molar-refractivity contribution in [1.29, 1.82) is 0 Å². The van der Waals surface area contributed by atoms with Crippen LogP contribution in [0.5, 0.6) is 5.75 Å². The topological polar surface area (TPSA) is 61.5 Å². The molecule has 0 aliphatic rings. The summed E-state index contributed by atoms with van der Waals surface area (Å²) in [5.41, 5.74) is 6.88. The zero-order valence-electron chi connectivity index (χ0n) is 11.5. The first-order valence-corrected chi connectivity index (χ1v) is 7.10. The Labute approximate surface area is 122 Å². The van der Waals surface area contributed by atoms with Crippen molar-refractivity contribution in [2.75, 3.05) is 6.61 Å². The molecule has 2 unspecified atom stereocenters. The van der Waals surface area contributed by atoms with Gasteiger partial charge in [-0.1, -0.05) is 6.07 Å². The molecule has 2 atom stereocenters. The van der Waals surface area contributed by atoms with Crippen LogP contribution in [-0.4, -0.2) is 24.7 Å². The molecule has 0 aliphatic carbocycles. The molecule has 1 aromatic rings. The summed E-state index contributed by atoms with van der Waals surface area (Å²) >= 11 is 3.44. The van der Waals surface area contributed by atoms with Gasteiger partial charge in [0.1, 0.15) is 5.75 Å². The highest BCUT2D eigenvalue weighted by Gasteiger charge is 2.17. The van der Waals surface area contributed by atoms with Crippen LogP contribution in [-0.2, 0) is 16.0 Å². The smallest absolute Gasteiger partial charge is 0.347 e. The van der Waals surface area contributed by atoms with Crippen LogP contribution >= 0.6 is 15.9 Å². The SMILES string of the molecule is CCOC(=O)C(C)Oc1ccc(CC(C)N)cc1Br. The van der Waals surface area contributed by atoms with Gasteiger partial charge in [-0.25, -0.2) is 4.79 Å². The lowest BCUT2D eigenvalue weighted by molar-refractivity contribution is -0.150. The quantitative estimate of drug-likeness (QED) is 0.815. The molecule has 1 aromatic carbocycles. The fourth-order valence-corrected chi connectivity index (χ4v) is 2.16. The number of hydrogen-bond acceptors (Lipinski definition) is 4. The Bertz CT molecular complexity index is 435. The lowest BCUT2D eigenvalue weighted by atomic mass is 10.1. The maximum absolute atomic E-state index is 11.5. The van der Waals surface area contributed by atoms with Crippen LogP contribution in [0.15, 0.2) is 22.7 Å². The molecule has 0 aromatic heterocycles. The molecule has 106 valence electrons. The number of rotatable bonds is 6. The van der Waals surface area contributed by atoms with Gasteiger partial charge in [-0.3, -0.25) is 0 Å². The molecule has 0 aliphatic heterocycles. The van der Waals surface area contributed by atoms with E-state index < -0.39 is 6.10 Å². The van der Waals surface area contributed by atoms with E-state index in [1.54, 1.807) is 13.8 Å². The standard InChI is InChI=1S/C14H20BrNO3/c1-4-18-14(17)10(3)19-13-6-5-11(7-9(2)16)8-12(13)15/h5-6,8-10H,4,7,16H2,1-3H3. The van der Waals surface area contributed by atoms with Crippen molar-refractivity contribution < 1.29 is 14.3 Å². The van der Waals surface area contributed by atoms with E-state index in [1.165, 1.54) is 0 Å². The summed E-state index contributed by atoms with van der Waals surface area (Å²) < 4.78 is 11.3. The number of hydrogen-bond donors (Lipinski definition) is 1. The van der Waals surface area contributed by atoms with Crippen LogP contribution in [0.2, 0.25) is 0 Å². The minimum absolute atomic E-state index is 0.108. The molecule has 0 saturated carbocycles. The molecule has 0 fully saturated rings. The van der Waals surface area contributed by atoms with Gasteiger partial charge in [0.15, 0.2) is 6.10 Å². The van der Waals surface area contributed by atoms with Gasteiger partial charge < -0.3 is 15.2 Å². The molecule has 1 rings (SSSR count).